The van der Waals surface area contributed by atoms with Crippen molar-refractivity contribution in [3.05, 3.63) is 140 Å². The van der Waals surface area contributed by atoms with E-state index in [1.807, 2.05) is 12.1 Å². The Morgan fingerprint density at radius 3 is 2.09 bits per heavy atom. The van der Waals surface area contributed by atoms with E-state index in [0.717, 1.165) is 72.4 Å². The molecule has 9 aromatic rings. The first-order chi connectivity index (χ1) is 23.1. The number of para-hydroxylation sites is 3. The van der Waals surface area contributed by atoms with Crippen LogP contribution in [0.1, 0.15) is 0 Å². The van der Waals surface area contributed by atoms with Crippen molar-refractivity contribution >= 4 is 62.2 Å². The Morgan fingerprint density at radius 1 is 0.553 bits per heavy atom. The van der Waals surface area contributed by atoms with Crippen molar-refractivity contribution in [2.75, 3.05) is 0 Å². The Morgan fingerprint density at radius 2 is 1.21 bits per heavy atom. The van der Waals surface area contributed by atoms with Crippen LogP contribution in [0.3, 0.4) is 0 Å². The minimum Gasteiger partial charge on any atom is -0.454 e. The van der Waals surface area contributed by atoms with Crippen LogP contribution in [0.15, 0.2) is 144 Å². The molecule has 0 amide bonds. The van der Waals surface area contributed by atoms with Crippen molar-refractivity contribution in [3.63, 3.8) is 0 Å². The fourth-order valence-electron chi connectivity index (χ4n) is 7.88. The smallest absolute Gasteiger partial charge is 0.162 e. The van der Waals surface area contributed by atoms with Gasteiger partial charge in [0.15, 0.2) is 11.4 Å². The molecule has 3 aromatic heterocycles. The summed E-state index contributed by atoms with van der Waals surface area (Å²) in [4.78, 5) is 10.9. The summed E-state index contributed by atoms with van der Waals surface area (Å²) >= 11 is 0. The van der Waals surface area contributed by atoms with E-state index in [0.29, 0.717) is 0 Å². The Balaban J connectivity index is 1.32. The van der Waals surface area contributed by atoms with Gasteiger partial charge < -0.3 is 8.98 Å². The lowest BCUT2D eigenvalue weighted by Crippen LogP contribution is -2.50. The Labute approximate surface area is 272 Å². The van der Waals surface area contributed by atoms with Crippen LogP contribution in [0.2, 0.25) is 13.1 Å². The van der Waals surface area contributed by atoms with Crippen LogP contribution in [0.4, 0.5) is 0 Å². The quantitative estimate of drug-likeness (QED) is 0.185. The standard InChI is InChI=1S/C42H29N3OSi/c1-47(2)36-23-13-9-19-32(36)38-41(47)37(26-14-4-3-5-15-26)43-42(44-38)31-18-7-11-21-34(31)45-33-20-10-6-16-27(33)29-24-25-30-28-17-8-12-22-35(28)46-40(30)39(29)45/h3-25H,1-2H3. The van der Waals surface area contributed by atoms with Gasteiger partial charge in [0.2, 0.25) is 0 Å². The molecule has 5 heteroatoms. The lowest BCUT2D eigenvalue weighted by molar-refractivity contribution is 0.671. The van der Waals surface area contributed by atoms with Crippen LogP contribution in [0, 0.1) is 0 Å². The van der Waals surface area contributed by atoms with E-state index >= 15 is 0 Å². The predicted molar refractivity (Wildman–Crippen MR) is 197 cm³/mol. The number of nitrogens with zero attached hydrogens (tertiary/aromatic N) is 3. The molecule has 1 aliphatic rings. The summed E-state index contributed by atoms with van der Waals surface area (Å²) in [7, 11) is -2.06. The van der Waals surface area contributed by atoms with Gasteiger partial charge in [-0.15, -0.1) is 0 Å². The highest BCUT2D eigenvalue weighted by Crippen LogP contribution is 2.42. The molecule has 4 nitrogen and oxygen atoms in total. The van der Waals surface area contributed by atoms with Gasteiger partial charge in [0.1, 0.15) is 13.7 Å². The molecule has 6 aromatic carbocycles. The maximum absolute atomic E-state index is 6.65. The number of benzene rings is 6. The number of aromatic nitrogens is 3. The molecular weight excluding hydrogens is 591 g/mol. The van der Waals surface area contributed by atoms with Crippen LogP contribution < -0.4 is 10.4 Å². The molecule has 0 spiro atoms. The topological polar surface area (TPSA) is 43.9 Å². The highest BCUT2D eigenvalue weighted by molar-refractivity contribution is 7.04. The van der Waals surface area contributed by atoms with E-state index in [4.69, 9.17) is 14.4 Å². The number of rotatable bonds is 3. The van der Waals surface area contributed by atoms with Crippen molar-refractivity contribution in [1.82, 2.24) is 14.5 Å². The van der Waals surface area contributed by atoms with Crippen LogP contribution in [0.25, 0.3) is 83.3 Å². The fraction of sp³-hybridized carbons (Fsp3) is 0.0476. The SMILES string of the molecule is C[Si]1(C)c2ccccc2-c2nc(-c3ccccc3-n3c4ccccc4c4ccc5c6ccccc6oc5c43)nc(-c3ccccc3)c21. The molecule has 0 bridgehead atoms. The van der Waals surface area contributed by atoms with E-state index < -0.39 is 8.07 Å². The molecule has 0 saturated heterocycles. The second kappa shape index (κ2) is 9.61. The summed E-state index contributed by atoms with van der Waals surface area (Å²) < 4.78 is 9.01. The van der Waals surface area contributed by atoms with Gasteiger partial charge in [0, 0.05) is 32.7 Å². The van der Waals surface area contributed by atoms with Crippen molar-refractivity contribution in [3.8, 4) is 39.6 Å². The van der Waals surface area contributed by atoms with Crippen LogP contribution >= 0.6 is 0 Å². The third-order valence-corrected chi connectivity index (χ3v) is 13.5. The Kier molecular flexibility index (Phi) is 5.41. The van der Waals surface area contributed by atoms with Crippen molar-refractivity contribution in [1.29, 1.82) is 0 Å². The largest absolute Gasteiger partial charge is 0.454 e. The molecule has 0 aliphatic carbocycles. The zero-order valence-electron chi connectivity index (χ0n) is 26.0. The maximum Gasteiger partial charge on any atom is 0.162 e. The van der Waals surface area contributed by atoms with Crippen molar-refractivity contribution in [2.45, 2.75) is 13.1 Å². The first-order valence-electron chi connectivity index (χ1n) is 16.1. The molecule has 47 heavy (non-hydrogen) atoms. The second-order valence-electron chi connectivity index (χ2n) is 13.0. The Bertz CT molecular complexity index is 2720. The van der Waals surface area contributed by atoms with Crippen LogP contribution in [-0.4, -0.2) is 22.6 Å². The van der Waals surface area contributed by atoms with E-state index in [2.05, 4.69) is 145 Å². The summed E-state index contributed by atoms with van der Waals surface area (Å²) in [5.41, 5.74) is 10.4. The molecule has 10 rings (SSSR count). The van der Waals surface area contributed by atoms with Gasteiger partial charge >= 0.3 is 0 Å². The molecule has 0 N–H and O–H groups in total. The minimum absolute atomic E-state index is 0.724. The van der Waals surface area contributed by atoms with E-state index in [9.17, 15) is 0 Å². The summed E-state index contributed by atoms with van der Waals surface area (Å²) in [5, 5.41) is 7.30. The summed E-state index contributed by atoms with van der Waals surface area (Å²) in [6.07, 6.45) is 0. The van der Waals surface area contributed by atoms with Gasteiger partial charge in [-0.25, -0.2) is 9.97 Å². The lowest BCUT2D eigenvalue weighted by atomic mass is 10.1. The second-order valence-corrected chi connectivity index (χ2v) is 17.3. The third-order valence-electron chi connectivity index (χ3n) is 10.0. The third kappa shape index (κ3) is 3.63. The fourth-order valence-corrected chi connectivity index (χ4v) is 11.1. The molecule has 0 radical (unpaired) electrons. The first-order valence-corrected chi connectivity index (χ1v) is 19.1. The monoisotopic (exact) mass is 619 g/mol. The molecule has 222 valence electrons. The highest BCUT2D eigenvalue weighted by atomic mass is 28.3. The van der Waals surface area contributed by atoms with Crippen molar-refractivity contribution in [2.24, 2.45) is 0 Å². The molecule has 0 saturated carbocycles. The van der Waals surface area contributed by atoms with Gasteiger partial charge in [-0.2, -0.15) is 0 Å². The average Bonchev–Trinajstić information content (AvgIpc) is 3.74. The molecule has 4 heterocycles. The maximum atomic E-state index is 6.65. The summed E-state index contributed by atoms with van der Waals surface area (Å²) in [6.45, 7) is 4.86. The van der Waals surface area contributed by atoms with E-state index in [1.54, 1.807) is 0 Å². The van der Waals surface area contributed by atoms with Gasteiger partial charge in [-0.05, 0) is 46.3 Å². The number of furan rings is 1. The number of hydrogen-bond donors (Lipinski definition) is 0. The first kappa shape index (κ1) is 26.4. The molecular formula is C42H29N3OSi. The van der Waals surface area contributed by atoms with Gasteiger partial charge in [-0.1, -0.05) is 122 Å². The van der Waals surface area contributed by atoms with Crippen LogP contribution in [0.5, 0.6) is 0 Å². The average molecular weight is 620 g/mol. The summed E-state index contributed by atoms with van der Waals surface area (Å²) in [5.74, 6) is 0.724. The van der Waals surface area contributed by atoms with Crippen LogP contribution in [-0.2, 0) is 0 Å². The van der Waals surface area contributed by atoms with Gasteiger partial charge in [0.25, 0.3) is 0 Å². The lowest BCUT2D eigenvalue weighted by Gasteiger charge is -2.22. The number of hydrogen-bond acceptors (Lipinski definition) is 3. The van der Waals surface area contributed by atoms with E-state index in [-0.39, 0.29) is 0 Å². The summed E-state index contributed by atoms with van der Waals surface area (Å²) in [6, 6.07) is 49.4. The number of fused-ring (bicyclic) bond motifs is 10. The Hall–Kier alpha value is -5.78. The molecule has 0 fully saturated rings. The highest BCUT2D eigenvalue weighted by Gasteiger charge is 2.41. The van der Waals surface area contributed by atoms with Gasteiger partial charge in [0.05, 0.1) is 28.1 Å². The van der Waals surface area contributed by atoms with Gasteiger partial charge in [-0.3, -0.25) is 0 Å². The zero-order valence-corrected chi connectivity index (χ0v) is 27.0. The molecule has 1 aliphatic heterocycles. The molecule has 0 atom stereocenters. The predicted octanol–water partition coefficient (Wildman–Crippen LogP) is 9.61. The van der Waals surface area contributed by atoms with E-state index in [1.165, 1.54) is 21.3 Å². The van der Waals surface area contributed by atoms with Crippen molar-refractivity contribution < 1.29 is 4.42 Å². The normalized spacial score (nSPS) is 13.5. The molecule has 0 unspecified atom stereocenters. The zero-order chi connectivity index (χ0) is 31.3. The minimum atomic E-state index is -2.06.